The molecule has 0 saturated carbocycles. The first-order valence-corrected chi connectivity index (χ1v) is 8.18. The molecule has 1 aliphatic heterocycles. The van der Waals surface area contributed by atoms with E-state index in [0.29, 0.717) is 23.3 Å². The van der Waals surface area contributed by atoms with Crippen molar-refractivity contribution >= 4 is 27.7 Å². The Hall–Kier alpha value is -2.15. The second-order valence-corrected chi connectivity index (χ2v) is 6.17. The second-order valence-electron chi connectivity index (χ2n) is 5.39. The minimum Gasteiger partial charge on any atom is -0.444 e. The summed E-state index contributed by atoms with van der Waals surface area (Å²) in [6.07, 6.45) is 4.66. The third kappa shape index (κ3) is 3.79. The molecule has 2 amide bonds. The van der Waals surface area contributed by atoms with Gasteiger partial charge in [-0.2, -0.15) is 0 Å². The quantitative estimate of drug-likeness (QED) is 0.891. The van der Waals surface area contributed by atoms with Crippen LogP contribution in [0.5, 0.6) is 0 Å². The molecule has 0 aliphatic carbocycles. The van der Waals surface area contributed by atoms with Gasteiger partial charge in [0.1, 0.15) is 0 Å². The number of rotatable bonds is 3. The number of nitrogens with one attached hydrogen (secondary N) is 1. The monoisotopic (exact) mass is 377 g/mol. The van der Waals surface area contributed by atoms with Crippen LogP contribution in [0.2, 0.25) is 0 Å². The molecular weight excluding hydrogens is 362 g/mol. The molecule has 6 nitrogen and oxygen atoms in total. The molecule has 1 saturated heterocycles. The van der Waals surface area contributed by atoms with E-state index >= 15 is 0 Å². The van der Waals surface area contributed by atoms with Crippen molar-refractivity contribution in [3.63, 3.8) is 0 Å². The molecule has 0 aromatic carbocycles. The van der Waals surface area contributed by atoms with Gasteiger partial charge in [-0.1, -0.05) is 0 Å². The Morgan fingerprint density at radius 1 is 1.26 bits per heavy atom. The lowest BCUT2D eigenvalue weighted by atomic mass is 10.0. The van der Waals surface area contributed by atoms with E-state index in [2.05, 4.69) is 26.2 Å². The first kappa shape index (κ1) is 15.7. The summed E-state index contributed by atoms with van der Waals surface area (Å²) < 4.78 is 5.76. The average Bonchev–Trinajstić information content (AvgIpc) is 3.02. The van der Waals surface area contributed by atoms with Gasteiger partial charge in [0.15, 0.2) is 10.4 Å². The molecular formula is C16H16BrN3O3. The summed E-state index contributed by atoms with van der Waals surface area (Å²) in [6, 6.07) is 6.87. The van der Waals surface area contributed by atoms with Crippen LogP contribution in [0.1, 0.15) is 33.8 Å². The van der Waals surface area contributed by atoms with Crippen LogP contribution < -0.4 is 5.32 Å². The Morgan fingerprint density at radius 3 is 2.65 bits per heavy atom. The highest BCUT2D eigenvalue weighted by molar-refractivity contribution is 9.10. The van der Waals surface area contributed by atoms with Gasteiger partial charge in [0.25, 0.3) is 11.8 Å². The Labute approximate surface area is 142 Å². The van der Waals surface area contributed by atoms with Gasteiger partial charge in [-0.05, 0) is 53.0 Å². The SMILES string of the molecule is O=C(NC1CCN(C(=O)c2cccnc2)CC1)c1ccc(Br)o1. The first-order chi connectivity index (χ1) is 11.1. The number of nitrogens with zero attached hydrogens (tertiary/aromatic N) is 2. The molecule has 23 heavy (non-hydrogen) atoms. The number of piperidine rings is 1. The maximum atomic E-state index is 12.3. The van der Waals surface area contributed by atoms with Gasteiger partial charge in [0.05, 0.1) is 5.56 Å². The molecule has 7 heteroatoms. The molecule has 0 bridgehead atoms. The van der Waals surface area contributed by atoms with Crippen molar-refractivity contribution in [3.05, 3.63) is 52.7 Å². The Kier molecular flexibility index (Phi) is 4.76. The van der Waals surface area contributed by atoms with Crippen LogP contribution in [-0.2, 0) is 0 Å². The summed E-state index contributed by atoms with van der Waals surface area (Å²) in [5, 5.41) is 2.94. The third-order valence-electron chi connectivity index (χ3n) is 3.82. The van der Waals surface area contributed by atoms with E-state index in [1.165, 1.54) is 0 Å². The molecule has 0 atom stereocenters. The van der Waals surface area contributed by atoms with Crippen LogP contribution >= 0.6 is 15.9 Å². The summed E-state index contributed by atoms with van der Waals surface area (Å²) in [5.41, 5.74) is 0.593. The molecule has 120 valence electrons. The maximum absolute atomic E-state index is 12.3. The Bertz CT molecular complexity index is 694. The van der Waals surface area contributed by atoms with Crippen LogP contribution in [0, 0.1) is 0 Å². The highest BCUT2D eigenvalue weighted by Crippen LogP contribution is 2.16. The summed E-state index contributed by atoms with van der Waals surface area (Å²) in [4.78, 5) is 30.1. The van der Waals surface area contributed by atoms with Crippen LogP contribution in [-0.4, -0.2) is 40.8 Å². The van der Waals surface area contributed by atoms with Crippen molar-refractivity contribution in [2.75, 3.05) is 13.1 Å². The number of furan rings is 1. The molecule has 0 unspecified atom stereocenters. The predicted octanol–water partition coefficient (Wildman–Crippen LogP) is 2.47. The van der Waals surface area contributed by atoms with Crippen molar-refractivity contribution < 1.29 is 14.0 Å². The van der Waals surface area contributed by atoms with Gasteiger partial charge in [-0.25, -0.2) is 0 Å². The fourth-order valence-electron chi connectivity index (χ4n) is 2.59. The van der Waals surface area contributed by atoms with Crippen molar-refractivity contribution in [1.29, 1.82) is 0 Å². The number of amides is 2. The molecule has 1 fully saturated rings. The van der Waals surface area contributed by atoms with Crippen LogP contribution in [0.3, 0.4) is 0 Å². The number of hydrogen-bond donors (Lipinski definition) is 1. The highest BCUT2D eigenvalue weighted by Gasteiger charge is 2.25. The zero-order valence-corrected chi connectivity index (χ0v) is 14.0. The fourth-order valence-corrected chi connectivity index (χ4v) is 2.90. The smallest absolute Gasteiger partial charge is 0.287 e. The van der Waals surface area contributed by atoms with Gasteiger partial charge in [0.2, 0.25) is 0 Å². The lowest BCUT2D eigenvalue weighted by Gasteiger charge is -2.32. The molecule has 3 rings (SSSR count). The van der Waals surface area contributed by atoms with Crippen molar-refractivity contribution in [3.8, 4) is 0 Å². The largest absolute Gasteiger partial charge is 0.444 e. The fraction of sp³-hybridized carbons (Fsp3) is 0.312. The van der Waals surface area contributed by atoms with Crippen molar-refractivity contribution in [2.45, 2.75) is 18.9 Å². The minimum absolute atomic E-state index is 0.0159. The predicted molar refractivity (Wildman–Crippen MR) is 87.0 cm³/mol. The van der Waals surface area contributed by atoms with E-state index in [0.717, 1.165) is 12.8 Å². The molecule has 0 spiro atoms. The Balaban J connectivity index is 1.52. The number of carbonyl (C=O) groups excluding carboxylic acids is 2. The van der Waals surface area contributed by atoms with Gasteiger partial charge < -0.3 is 14.6 Å². The zero-order chi connectivity index (χ0) is 16.2. The number of likely N-dealkylation sites (tertiary alicyclic amines) is 1. The van der Waals surface area contributed by atoms with Gasteiger partial charge in [-0.15, -0.1) is 0 Å². The zero-order valence-electron chi connectivity index (χ0n) is 12.4. The number of pyridine rings is 1. The standard InChI is InChI=1S/C16H16BrN3O3/c17-14-4-3-13(23-14)15(21)19-12-5-8-20(9-6-12)16(22)11-2-1-7-18-10-11/h1-4,7,10,12H,5-6,8-9H2,(H,19,21). The summed E-state index contributed by atoms with van der Waals surface area (Å²) in [5.74, 6) is 0.0383. The molecule has 0 radical (unpaired) electrons. The molecule has 2 aromatic rings. The van der Waals surface area contributed by atoms with E-state index in [-0.39, 0.29) is 23.6 Å². The molecule has 3 heterocycles. The second kappa shape index (κ2) is 6.95. The van der Waals surface area contributed by atoms with E-state index in [1.807, 2.05) is 0 Å². The number of aromatic nitrogens is 1. The first-order valence-electron chi connectivity index (χ1n) is 7.39. The molecule has 1 N–H and O–H groups in total. The number of carbonyl (C=O) groups is 2. The average molecular weight is 378 g/mol. The van der Waals surface area contributed by atoms with Crippen molar-refractivity contribution in [2.24, 2.45) is 0 Å². The summed E-state index contributed by atoms with van der Waals surface area (Å²) >= 11 is 3.18. The minimum atomic E-state index is -0.229. The Morgan fingerprint density at radius 2 is 2.04 bits per heavy atom. The van der Waals surface area contributed by atoms with E-state index in [1.54, 1.807) is 41.6 Å². The van der Waals surface area contributed by atoms with Crippen LogP contribution in [0.15, 0.2) is 45.7 Å². The van der Waals surface area contributed by atoms with Gasteiger partial charge in [-0.3, -0.25) is 14.6 Å². The van der Waals surface area contributed by atoms with Gasteiger partial charge >= 0.3 is 0 Å². The molecule has 2 aromatic heterocycles. The third-order valence-corrected chi connectivity index (χ3v) is 4.25. The topological polar surface area (TPSA) is 75.4 Å². The van der Waals surface area contributed by atoms with Gasteiger partial charge in [0, 0.05) is 31.5 Å². The van der Waals surface area contributed by atoms with Crippen LogP contribution in [0.4, 0.5) is 0 Å². The molecule has 1 aliphatic rings. The highest BCUT2D eigenvalue weighted by atomic mass is 79.9. The lowest BCUT2D eigenvalue weighted by molar-refractivity contribution is 0.0695. The maximum Gasteiger partial charge on any atom is 0.287 e. The lowest BCUT2D eigenvalue weighted by Crippen LogP contribution is -2.46. The van der Waals surface area contributed by atoms with E-state index in [4.69, 9.17) is 4.42 Å². The van der Waals surface area contributed by atoms with Crippen LogP contribution in [0.25, 0.3) is 0 Å². The summed E-state index contributed by atoms with van der Waals surface area (Å²) in [7, 11) is 0. The van der Waals surface area contributed by atoms with Crippen molar-refractivity contribution in [1.82, 2.24) is 15.2 Å². The normalized spacial score (nSPS) is 15.4. The summed E-state index contributed by atoms with van der Waals surface area (Å²) in [6.45, 7) is 1.22. The number of halogens is 1. The number of hydrogen-bond acceptors (Lipinski definition) is 4. The van der Waals surface area contributed by atoms with E-state index in [9.17, 15) is 9.59 Å². The van der Waals surface area contributed by atoms with E-state index < -0.39 is 0 Å².